The van der Waals surface area contributed by atoms with E-state index in [1.54, 1.807) is 16.8 Å². The molecule has 0 unspecified atom stereocenters. The molecule has 0 fully saturated rings. The molecule has 4 aromatic carbocycles. The highest BCUT2D eigenvalue weighted by Crippen LogP contribution is 2.23. The first-order chi connectivity index (χ1) is 16.9. The molecule has 0 radical (unpaired) electrons. The van der Waals surface area contributed by atoms with E-state index < -0.39 is 15.9 Å². The van der Waals surface area contributed by atoms with Crippen molar-refractivity contribution in [2.75, 3.05) is 0 Å². The topological polar surface area (TPSA) is 90.2 Å². The maximum atomic E-state index is 13.5. The quantitative estimate of drug-likeness (QED) is 0.381. The molecule has 7 nitrogen and oxygen atoms in total. The molecule has 0 bridgehead atoms. The smallest absolute Gasteiger partial charge is 0.268 e. The number of nitrogens with one attached hydrogen (secondary N) is 1. The van der Waals surface area contributed by atoms with Crippen molar-refractivity contribution in [3.05, 3.63) is 124 Å². The molecular formula is C26H18ClN3O4S. The molecule has 0 spiro atoms. The van der Waals surface area contributed by atoms with Crippen LogP contribution in [0.5, 0.6) is 0 Å². The molecule has 0 atom stereocenters. The number of rotatable bonds is 5. The molecule has 9 heteroatoms. The van der Waals surface area contributed by atoms with E-state index in [0.717, 1.165) is 5.69 Å². The van der Waals surface area contributed by atoms with Crippen molar-refractivity contribution in [2.24, 2.45) is 0 Å². The van der Waals surface area contributed by atoms with Crippen LogP contribution in [0.4, 0.5) is 0 Å². The molecule has 5 rings (SSSR count). The van der Waals surface area contributed by atoms with Gasteiger partial charge in [-0.25, -0.2) is 22.5 Å². The molecular weight excluding hydrogens is 486 g/mol. The van der Waals surface area contributed by atoms with E-state index in [9.17, 15) is 18.0 Å². The normalized spacial score (nSPS) is 11.5. The molecule has 0 saturated heterocycles. The standard InChI is InChI=1S/C26H18ClN3O4S/c27-22-13-7-8-14-24(22)35(33,34)28-25(31)18-15-16-23-21(17-18)26(32)30(20-11-5-2-6-12-20)29(23)19-9-3-1-4-10-19/h1-17H,(H,28,31). The number of sulfonamides is 1. The monoisotopic (exact) mass is 503 g/mol. The molecule has 0 aliphatic carbocycles. The van der Waals surface area contributed by atoms with E-state index in [0.29, 0.717) is 11.2 Å². The molecule has 5 aromatic rings. The van der Waals surface area contributed by atoms with Crippen LogP contribution in [0.1, 0.15) is 10.4 Å². The van der Waals surface area contributed by atoms with Gasteiger partial charge in [0, 0.05) is 5.56 Å². The number of fused-ring (bicyclic) bond motifs is 1. The van der Waals surface area contributed by atoms with Gasteiger partial charge in [0.05, 0.1) is 27.3 Å². The average molecular weight is 504 g/mol. The third-order valence-electron chi connectivity index (χ3n) is 5.46. The Morgan fingerprint density at radius 3 is 1.94 bits per heavy atom. The van der Waals surface area contributed by atoms with E-state index in [2.05, 4.69) is 0 Å². The summed E-state index contributed by atoms with van der Waals surface area (Å²) in [6.07, 6.45) is 0. The number of nitrogens with zero attached hydrogens (tertiary/aromatic N) is 2. The highest BCUT2D eigenvalue weighted by molar-refractivity contribution is 7.90. The van der Waals surface area contributed by atoms with E-state index in [4.69, 9.17) is 11.6 Å². The Labute approximate surface area is 205 Å². The summed E-state index contributed by atoms with van der Waals surface area (Å²) in [5.41, 5.74) is 1.64. The first-order valence-corrected chi connectivity index (χ1v) is 12.4. The predicted molar refractivity (Wildman–Crippen MR) is 135 cm³/mol. The van der Waals surface area contributed by atoms with Crippen molar-refractivity contribution in [1.82, 2.24) is 14.1 Å². The van der Waals surface area contributed by atoms with Gasteiger partial charge in [-0.3, -0.25) is 9.59 Å². The highest BCUT2D eigenvalue weighted by Gasteiger charge is 2.23. The average Bonchev–Trinajstić information content (AvgIpc) is 3.16. The summed E-state index contributed by atoms with van der Waals surface area (Å²) < 4.78 is 30.7. The van der Waals surface area contributed by atoms with E-state index in [1.165, 1.54) is 35.0 Å². The Bertz CT molecular complexity index is 1730. The molecule has 1 aromatic heterocycles. The Kier molecular flexibility index (Phi) is 5.76. The lowest BCUT2D eigenvalue weighted by Gasteiger charge is -2.13. The van der Waals surface area contributed by atoms with Gasteiger partial charge in [-0.1, -0.05) is 60.1 Å². The number of hydrogen-bond acceptors (Lipinski definition) is 4. The van der Waals surface area contributed by atoms with Gasteiger partial charge < -0.3 is 0 Å². The van der Waals surface area contributed by atoms with E-state index in [1.807, 2.05) is 65.4 Å². The zero-order valence-electron chi connectivity index (χ0n) is 18.1. The molecule has 174 valence electrons. The number of aromatic nitrogens is 2. The zero-order chi connectivity index (χ0) is 24.6. The third-order valence-corrected chi connectivity index (χ3v) is 7.30. The fraction of sp³-hybridized carbons (Fsp3) is 0. The Morgan fingerprint density at radius 1 is 0.743 bits per heavy atom. The van der Waals surface area contributed by atoms with Gasteiger partial charge in [0.25, 0.3) is 21.5 Å². The maximum absolute atomic E-state index is 13.5. The van der Waals surface area contributed by atoms with Crippen LogP contribution in [0.15, 0.2) is 113 Å². The van der Waals surface area contributed by atoms with Gasteiger partial charge in [-0.15, -0.1) is 0 Å². The lowest BCUT2D eigenvalue weighted by atomic mass is 10.1. The number of para-hydroxylation sites is 2. The van der Waals surface area contributed by atoms with Crippen LogP contribution in [0.25, 0.3) is 22.3 Å². The summed E-state index contributed by atoms with van der Waals surface area (Å²) in [7, 11) is -4.21. The molecule has 0 aliphatic heterocycles. The van der Waals surface area contributed by atoms with Crippen molar-refractivity contribution >= 4 is 38.4 Å². The molecule has 1 heterocycles. The van der Waals surface area contributed by atoms with Gasteiger partial charge in [-0.2, -0.15) is 0 Å². The SMILES string of the molecule is O=C(NS(=O)(=O)c1ccccc1Cl)c1ccc2c(c1)c(=O)n(-c1ccccc1)n2-c1ccccc1. The third kappa shape index (κ3) is 4.14. The summed E-state index contributed by atoms with van der Waals surface area (Å²) in [6, 6.07) is 28.8. The fourth-order valence-corrected chi connectivity index (χ4v) is 5.37. The van der Waals surface area contributed by atoms with Gasteiger partial charge in [0.2, 0.25) is 0 Å². The summed E-state index contributed by atoms with van der Waals surface area (Å²) >= 11 is 6.00. The lowest BCUT2D eigenvalue weighted by molar-refractivity contribution is 0.0981. The summed E-state index contributed by atoms with van der Waals surface area (Å²) in [5, 5.41) is 0.259. The van der Waals surface area contributed by atoms with Crippen LogP contribution in [-0.2, 0) is 10.0 Å². The Balaban J connectivity index is 1.63. The minimum Gasteiger partial charge on any atom is -0.268 e. The Hall–Kier alpha value is -4.14. The van der Waals surface area contributed by atoms with Crippen molar-refractivity contribution in [3.63, 3.8) is 0 Å². The van der Waals surface area contributed by atoms with Crippen LogP contribution in [0.2, 0.25) is 5.02 Å². The zero-order valence-corrected chi connectivity index (χ0v) is 19.7. The van der Waals surface area contributed by atoms with Crippen molar-refractivity contribution in [1.29, 1.82) is 0 Å². The molecule has 0 saturated carbocycles. The fourth-order valence-electron chi connectivity index (χ4n) is 3.87. The maximum Gasteiger partial charge on any atom is 0.279 e. The number of carbonyl (C=O) groups excluding carboxylic acids is 1. The number of carbonyl (C=O) groups is 1. The van der Waals surface area contributed by atoms with Crippen LogP contribution in [-0.4, -0.2) is 23.7 Å². The molecule has 1 N–H and O–H groups in total. The van der Waals surface area contributed by atoms with Gasteiger partial charge in [0.15, 0.2) is 0 Å². The molecule has 0 aliphatic rings. The number of amides is 1. The van der Waals surface area contributed by atoms with Crippen LogP contribution < -0.4 is 10.3 Å². The van der Waals surface area contributed by atoms with Crippen LogP contribution in [0.3, 0.4) is 0 Å². The first-order valence-electron chi connectivity index (χ1n) is 10.6. The molecule has 1 amide bonds. The van der Waals surface area contributed by atoms with Crippen molar-refractivity contribution in [2.45, 2.75) is 4.90 Å². The second-order valence-corrected chi connectivity index (χ2v) is 9.75. The second kappa shape index (κ2) is 8.90. The van der Waals surface area contributed by atoms with Gasteiger partial charge >= 0.3 is 0 Å². The minimum atomic E-state index is -4.21. The van der Waals surface area contributed by atoms with E-state index in [-0.39, 0.29) is 26.4 Å². The second-order valence-electron chi connectivity index (χ2n) is 7.70. The highest BCUT2D eigenvalue weighted by atomic mass is 35.5. The number of hydrogen-bond donors (Lipinski definition) is 1. The summed E-state index contributed by atoms with van der Waals surface area (Å²) in [5.74, 6) is -0.870. The molecule has 35 heavy (non-hydrogen) atoms. The lowest BCUT2D eigenvalue weighted by Crippen LogP contribution is -2.30. The predicted octanol–water partition coefficient (Wildman–Crippen LogP) is 4.55. The number of halogens is 1. The van der Waals surface area contributed by atoms with E-state index >= 15 is 0 Å². The van der Waals surface area contributed by atoms with Crippen molar-refractivity contribution < 1.29 is 13.2 Å². The van der Waals surface area contributed by atoms with Crippen molar-refractivity contribution in [3.8, 4) is 11.4 Å². The summed E-state index contributed by atoms with van der Waals surface area (Å²) in [4.78, 5) is 26.2. The minimum absolute atomic E-state index is 0.00561. The van der Waals surface area contributed by atoms with Crippen LogP contribution >= 0.6 is 11.6 Å². The Morgan fingerprint density at radius 2 is 1.31 bits per heavy atom. The summed E-state index contributed by atoms with van der Waals surface area (Å²) in [6.45, 7) is 0. The van der Waals surface area contributed by atoms with Crippen LogP contribution in [0, 0.1) is 0 Å². The van der Waals surface area contributed by atoms with Gasteiger partial charge in [0.1, 0.15) is 4.90 Å². The largest absolute Gasteiger partial charge is 0.279 e. The first kappa shape index (κ1) is 22.6. The van der Waals surface area contributed by atoms with Gasteiger partial charge in [-0.05, 0) is 54.6 Å². The number of benzene rings is 4.